The molecule has 3 nitrogen and oxygen atoms in total. The van der Waals surface area contributed by atoms with Gasteiger partial charge < -0.3 is 10.1 Å². The Morgan fingerprint density at radius 1 is 1.50 bits per heavy atom. The van der Waals surface area contributed by atoms with Crippen molar-refractivity contribution in [1.29, 1.82) is 0 Å². The van der Waals surface area contributed by atoms with Crippen LogP contribution < -0.4 is 5.32 Å². The predicted molar refractivity (Wildman–Crippen MR) is 55.0 cm³/mol. The molecule has 0 radical (unpaired) electrons. The summed E-state index contributed by atoms with van der Waals surface area (Å²) < 4.78 is 5.91. The van der Waals surface area contributed by atoms with Crippen LogP contribution in [0.3, 0.4) is 0 Å². The Kier molecular flexibility index (Phi) is 3.11. The number of pyridine rings is 1. The molecule has 1 saturated heterocycles. The predicted octanol–water partition coefficient (Wildman–Crippen LogP) is 1.52. The lowest BCUT2D eigenvalue weighted by Crippen LogP contribution is -2.18. The molecule has 1 fully saturated rings. The minimum Gasteiger partial charge on any atom is -0.369 e. The van der Waals surface area contributed by atoms with E-state index in [1.165, 1.54) is 5.56 Å². The summed E-state index contributed by atoms with van der Waals surface area (Å²) in [5.74, 6) is 0. The van der Waals surface area contributed by atoms with Crippen molar-refractivity contribution in [2.24, 2.45) is 0 Å². The zero-order valence-corrected chi connectivity index (χ0v) is 8.44. The molecule has 1 aliphatic heterocycles. The highest BCUT2D eigenvalue weighted by atomic mass is 16.5. The Morgan fingerprint density at radius 2 is 2.29 bits per heavy atom. The third-order valence-corrected chi connectivity index (χ3v) is 2.59. The maximum Gasteiger partial charge on any atom is 0.0802 e. The molecule has 2 rings (SSSR count). The normalized spacial score (nSPS) is 23.6. The second-order valence-electron chi connectivity index (χ2n) is 3.67. The van der Waals surface area contributed by atoms with Gasteiger partial charge in [0.25, 0.3) is 0 Å². The van der Waals surface area contributed by atoms with E-state index in [1.54, 1.807) is 0 Å². The van der Waals surface area contributed by atoms with Gasteiger partial charge in [-0.2, -0.15) is 0 Å². The summed E-state index contributed by atoms with van der Waals surface area (Å²) in [6.45, 7) is 4.15. The number of rotatable bonds is 3. The monoisotopic (exact) mass is 192 g/mol. The van der Waals surface area contributed by atoms with Gasteiger partial charge in [0.1, 0.15) is 0 Å². The molecule has 76 valence electrons. The van der Waals surface area contributed by atoms with Crippen LogP contribution in [0.2, 0.25) is 0 Å². The quantitative estimate of drug-likeness (QED) is 0.788. The maximum atomic E-state index is 5.91. The average Bonchev–Trinajstić information content (AvgIpc) is 2.72. The molecule has 0 bridgehead atoms. The Morgan fingerprint density at radius 3 is 2.93 bits per heavy atom. The molecule has 1 aromatic rings. The first kappa shape index (κ1) is 9.62. The zero-order valence-electron chi connectivity index (χ0n) is 8.44. The van der Waals surface area contributed by atoms with Crippen molar-refractivity contribution in [1.82, 2.24) is 10.3 Å². The fraction of sp³-hybridized carbons (Fsp3) is 0.545. The van der Waals surface area contributed by atoms with Gasteiger partial charge in [0.15, 0.2) is 0 Å². The number of ether oxygens (including phenoxy) is 1. The van der Waals surface area contributed by atoms with Crippen LogP contribution in [0.15, 0.2) is 24.5 Å². The van der Waals surface area contributed by atoms with Crippen LogP contribution in [-0.2, 0) is 4.74 Å². The molecule has 0 aliphatic carbocycles. The van der Waals surface area contributed by atoms with E-state index in [0.29, 0.717) is 6.10 Å². The fourth-order valence-electron chi connectivity index (χ4n) is 1.75. The highest BCUT2D eigenvalue weighted by molar-refractivity contribution is 5.12. The summed E-state index contributed by atoms with van der Waals surface area (Å²) in [6.07, 6.45) is 5.28. The molecule has 0 aromatic carbocycles. The van der Waals surface area contributed by atoms with Crippen LogP contribution >= 0.6 is 0 Å². The van der Waals surface area contributed by atoms with Crippen LogP contribution in [0.1, 0.15) is 25.0 Å². The Balaban J connectivity index is 1.92. The first-order valence-corrected chi connectivity index (χ1v) is 5.12. The largest absolute Gasteiger partial charge is 0.369 e. The summed E-state index contributed by atoms with van der Waals surface area (Å²) in [7, 11) is 0. The van der Waals surface area contributed by atoms with Crippen LogP contribution in [0, 0.1) is 0 Å². The topological polar surface area (TPSA) is 34.1 Å². The number of hydrogen-bond donors (Lipinski definition) is 1. The lowest BCUT2D eigenvalue weighted by Gasteiger charge is -2.17. The second kappa shape index (κ2) is 4.53. The van der Waals surface area contributed by atoms with Crippen molar-refractivity contribution < 1.29 is 4.74 Å². The van der Waals surface area contributed by atoms with Crippen molar-refractivity contribution in [2.75, 3.05) is 13.1 Å². The lowest BCUT2D eigenvalue weighted by atomic mass is 10.1. The van der Waals surface area contributed by atoms with Crippen LogP contribution in [-0.4, -0.2) is 24.2 Å². The van der Waals surface area contributed by atoms with E-state index in [-0.39, 0.29) is 6.10 Å². The first-order chi connectivity index (χ1) is 6.86. The summed E-state index contributed by atoms with van der Waals surface area (Å²) in [5, 5.41) is 3.29. The highest BCUT2D eigenvalue weighted by Gasteiger charge is 2.18. The molecule has 0 amide bonds. The summed E-state index contributed by atoms with van der Waals surface area (Å²) >= 11 is 0. The summed E-state index contributed by atoms with van der Waals surface area (Å²) in [4.78, 5) is 3.99. The Hall–Kier alpha value is -0.930. The van der Waals surface area contributed by atoms with Gasteiger partial charge in [0.05, 0.1) is 12.2 Å². The number of nitrogens with zero attached hydrogens (tertiary/aromatic N) is 1. The number of aromatic nitrogens is 1. The Bertz CT molecular complexity index is 270. The summed E-state index contributed by atoms with van der Waals surface area (Å²) in [5.41, 5.74) is 1.20. The molecule has 0 saturated carbocycles. The molecule has 2 atom stereocenters. The van der Waals surface area contributed by atoms with Crippen LogP contribution in [0.5, 0.6) is 0 Å². The lowest BCUT2D eigenvalue weighted by molar-refractivity contribution is 0.00825. The van der Waals surface area contributed by atoms with Crippen molar-refractivity contribution in [3.8, 4) is 0 Å². The van der Waals surface area contributed by atoms with E-state index in [4.69, 9.17) is 4.74 Å². The molecule has 0 spiro atoms. The van der Waals surface area contributed by atoms with E-state index in [9.17, 15) is 0 Å². The molecular weight excluding hydrogens is 176 g/mol. The fourth-order valence-corrected chi connectivity index (χ4v) is 1.75. The van der Waals surface area contributed by atoms with Crippen molar-refractivity contribution in [2.45, 2.75) is 25.6 Å². The van der Waals surface area contributed by atoms with Crippen molar-refractivity contribution >= 4 is 0 Å². The van der Waals surface area contributed by atoms with Crippen molar-refractivity contribution in [3.05, 3.63) is 30.1 Å². The van der Waals surface area contributed by atoms with Crippen molar-refractivity contribution in [3.63, 3.8) is 0 Å². The highest BCUT2D eigenvalue weighted by Crippen LogP contribution is 2.19. The minimum absolute atomic E-state index is 0.169. The Labute approximate surface area is 84.5 Å². The van der Waals surface area contributed by atoms with Gasteiger partial charge in [0.2, 0.25) is 0 Å². The first-order valence-electron chi connectivity index (χ1n) is 5.12. The number of hydrogen-bond acceptors (Lipinski definition) is 3. The number of nitrogens with one attached hydrogen (secondary N) is 1. The molecular formula is C11H16N2O. The standard InChI is InChI=1S/C11H16N2O/c1-9(10-2-5-12-6-3-10)14-11-4-7-13-8-11/h2-3,5-6,9,11,13H,4,7-8H2,1H3. The molecule has 2 unspecified atom stereocenters. The molecule has 1 aromatic heterocycles. The molecule has 1 aliphatic rings. The van der Waals surface area contributed by atoms with Gasteiger partial charge in [-0.15, -0.1) is 0 Å². The van der Waals surface area contributed by atoms with E-state index in [0.717, 1.165) is 19.5 Å². The van der Waals surface area contributed by atoms with E-state index in [2.05, 4.69) is 17.2 Å². The van der Waals surface area contributed by atoms with Gasteiger partial charge in [-0.3, -0.25) is 4.98 Å². The van der Waals surface area contributed by atoms with E-state index in [1.807, 2.05) is 24.5 Å². The third-order valence-electron chi connectivity index (χ3n) is 2.59. The second-order valence-corrected chi connectivity index (χ2v) is 3.67. The van der Waals surface area contributed by atoms with Gasteiger partial charge in [-0.05, 0) is 37.6 Å². The minimum atomic E-state index is 0.169. The van der Waals surface area contributed by atoms with Gasteiger partial charge in [-0.25, -0.2) is 0 Å². The van der Waals surface area contributed by atoms with Crippen LogP contribution in [0.25, 0.3) is 0 Å². The van der Waals surface area contributed by atoms with E-state index < -0.39 is 0 Å². The molecule has 1 N–H and O–H groups in total. The van der Waals surface area contributed by atoms with Gasteiger partial charge >= 0.3 is 0 Å². The average molecular weight is 192 g/mol. The third kappa shape index (κ3) is 2.30. The molecule has 2 heterocycles. The van der Waals surface area contributed by atoms with Gasteiger partial charge in [-0.1, -0.05) is 0 Å². The van der Waals surface area contributed by atoms with Gasteiger partial charge in [0, 0.05) is 18.9 Å². The maximum absolute atomic E-state index is 5.91. The smallest absolute Gasteiger partial charge is 0.0802 e. The SMILES string of the molecule is CC(OC1CCNC1)c1ccncc1. The molecule has 14 heavy (non-hydrogen) atoms. The molecule has 3 heteroatoms. The summed E-state index contributed by atoms with van der Waals surface area (Å²) in [6, 6.07) is 4.01. The van der Waals surface area contributed by atoms with Crippen LogP contribution in [0.4, 0.5) is 0 Å². The zero-order chi connectivity index (χ0) is 9.80. The van der Waals surface area contributed by atoms with E-state index >= 15 is 0 Å².